The van der Waals surface area contributed by atoms with Gasteiger partial charge in [-0.3, -0.25) is 4.79 Å². The maximum atomic E-state index is 12.5. The molecule has 1 heterocycles. The zero-order valence-electron chi connectivity index (χ0n) is 12.4. The van der Waals surface area contributed by atoms with Gasteiger partial charge >= 0.3 is 0 Å². The molecule has 1 aromatic rings. The van der Waals surface area contributed by atoms with Crippen molar-refractivity contribution in [3.63, 3.8) is 0 Å². The Labute approximate surface area is 120 Å². The van der Waals surface area contributed by atoms with Crippen LogP contribution in [0.2, 0.25) is 0 Å². The number of sulfone groups is 1. The lowest BCUT2D eigenvalue weighted by molar-refractivity contribution is 0.0638. The molecule has 1 fully saturated rings. The highest BCUT2D eigenvalue weighted by Gasteiger charge is 2.43. The first-order valence-electron chi connectivity index (χ1n) is 6.70. The minimum Gasteiger partial charge on any atom is -0.335 e. The summed E-state index contributed by atoms with van der Waals surface area (Å²) >= 11 is 0. The maximum Gasteiger partial charge on any atom is 0.254 e. The first kappa shape index (κ1) is 15.0. The van der Waals surface area contributed by atoms with E-state index in [-0.39, 0.29) is 17.4 Å². The Morgan fingerprint density at radius 1 is 1.25 bits per heavy atom. The summed E-state index contributed by atoms with van der Waals surface area (Å²) in [5.74, 6) is 0.0916. The monoisotopic (exact) mass is 295 g/mol. The van der Waals surface area contributed by atoms with Crippen LogP contribution in [0.3, 0.4) is 0 Å². The first-order valence-corrected chi connectivity index (χ1v) is 8.53. The zero-order chi connectivity index (χ0) is 15.1. The van der Waals surface area contributed by atoms with E-state index in [0.29, 0.717) is 12.0 Å². The molecule has 20 heavy (non-hydrogen) atoms. The number of carbonyl (C=O) groups is 1. The molecule has 0 saturated carbocycles. The summed E-state index contributed by atoms with van der Waals surface area (Å²) < 4.78 is 23.3. The summed E-state index contributed by atoms with van der Waals surface area (Å²) in [6.07, 6.45) is 0.502. The number of hydrogen-bond donors (Lipinski definition) is 0. The third kappa shape index (κ3) is 2.73. The number of benzene rings is 1. The van der Waals surface area contributed by atoms with E-state index >= 15 is 0 Å². The van der Waals surface area contributed by atoms with Crippen LogP contribution in [0.25, 0.3) is 0 Å². The molecule has 5 heteroatoms. The van der Waals surface area contributed by atoms with Crippen molar-refractivity contribution in [2.24, 2.45) is 0 Å². The van der Waals surface area contributed by atoms with Crippen LogP contribution >= 0.6 is 0 Å². The number of nitrogens with zero attached hydrogens (tertiary/aromatic N) is 1. The molecule has 4 nitrogen and oxygen atoms in total. The van der Waals surface area contributed by atoms with Crippen LogP contribution in [-0.2, 0) is 9.84 Å². The quantitative estimate of drug-likeness (QED) is 0.838. The molecular formula is C15H21NO3S. The first-order chi connectivity index (χ1) is 9.15. The average Bonchev–Trinajstić information content (AvgIpc) is 2.66. The molecule has 0 spiro atoms. The van der Waals surface area contributed by atoms with Crippen molar-refractivity contribution < 1.29 is 13.2 Å². The van der Waals surface area contributed by atoms with E-state index in [1.165, 1.54) is 0 Å². The molecule has 0 bridgehead atoms. The minimum absolute atomic E-state index is 0.0487. The predicted octanol–water partition coefficient (Wildman–Crippen LogP) is 1.95. The van der Waals surface area contributed by atoms with Gasteiger partial charge in [0.1, 0.15) is 0 Å². The number of carbonyl (C=O) groups excluding carboxylic acids is 1. The number of rotatable bonds is 2. The Morgan fingerprint density at radius 3 is 2.40 bits per heavy atom. The SMILES string of the molecule is Cc1ccc(C(=O)N(C)C2(C)CCS(=O)(=O)C2)cc1C. The van der Waals surface area contributed by atoms with E-state index < -0.39 is 15.4 Å². The van der Waals surface area contributed by atoms with Crippen molar-refractivity contribution in [3.05, 3.63) is 34.9 Å². The Hall–Kier alpha value is -1.36. The highest BCUT2D eigenvalue weighted by molar-refractivity contribution is 7.91. The van der Waals surface area contributed by atoms with Crippen LogP contribution in [-0.4, -0.2) is 43.3 Å². The second-order valence-corrected chi connectivity index (χ2v) is 8.19. The fourth-order valence-electron chi connectivity index (χ4n) is 2.57. The van der Waals surface area contributed by atoms with Crippen molar-refractivity contribution in [3.8, 4) is 0 Å². The summed E-state index contributed by atoms with van der Waals surface area (Å²) in [5.41, 5.74) is 2.21. The van der Waals surface area contributed by atoms with Gasteiger partial charge in [0.2, 0.25) is 0 Å². The highest BCUT2D eigenvalue weighted by Crippen LogP contribution is 2.29. The smallest absolute Gasteiger partial charge is 0.254 e. The molecule has 1 amide bonds. The maximum absolute atomic E-state index is 12.5. The van der Waals surface area contributed by atoms with Crippen molar-refractivity contribution in [1.82, 2.24) is 4.90 Å². The molecule has 1 unspecified atom stereocenters. The molecule has 1 aliphatic rings. The van der Waals surface area contributed by atoms with Gasteiger partial charge in [-0.2, -0.15) is 0 Å². The van der Waals surface area contributed by atoms with E-state index in [1.54, 1.807) is 18.0 Å². The summed E-state index contributed by atoms with van der Waals surface area (Å²) in [6.45, 7) is 5.81. The van der Waals surface area contributed by atoms with Crippen LogP contribution in [0.15, 0.2) is 18.2 Å². The van der Waals surface area contributed by atoms with Crippen LogP contribution in [0.4, 0.5) is 0 Å². The lowest BCUT2D eigenvalue weighted by Gasteiger charge is -2.34. The van der Waals surface area contributed by atoms with E-state index in [4.69, 9.17) is 0 Å². The second kappa shape index (κ2) is 4.88. The summed E-state index contributed by atoms with van der Waals surface area (Å²) in [4.78, 5) is 14.1. The van der Waals surface area contributed by atoms with E-state index in [9.17, 15) is 13.2 Å². The van der Waals surface area contributed by atoms with Crippen LogP contribution in [0.5, 0.6) is 0 Å². The lowest BCUT2D eigenvalue weighted by Crippen LogP contribution is -2.48. The second-order valence-electron chi connectivity index (χ2n) is 6.00. The summed E-state index contributed by atoms with van der Waals surface area (Å²) in [6, 6.07) is 5.58. The lowest BCUT2D eigenvalue weighted by atomic mass is 9.98. The van der Waals surface area contributed by atoms with Gasteiger partial charge in [-0.1, -0.05) is 6.07 Å². The third-order valence-corrected chi connectivity index (χ3v) is 6.24. The molecule has 110 valence electrons. The van der Waals surface area contributed by atoms with Gasteiger partial charge in [0.15, 0.2) is 9.84 Å². The number of hydrogen-bond acceptors (Lipinski definition) is 3. The Balaban J connectivity index is 2.27. The molecule has 0 aliphatic carbocycles. The fourth-order valence-corrected chi connectivity index (χ4v) is 4.75. The van der Waals surface area contributed by atoms with Crippen molar-refractivity contribution in [2.45, 2.75) is 32.7 Å². The van der Waals surface area contributed by atoms with Crippen molar-refractivity contribution >= 4 is 15.7 Å². The van der Waals surface area contributed by atoms with Gasteiger partial charge in [-0.15, -0.1) is 0 Å². The Bertz CT molecular complexity index is 651. The van der Waals surface area contributed by atoms with Gasteiger partial charge in [-0.05, 0) is 50.5 Å². The molecule has 1 aliphatic heterocycles. The molecule has 1 aromatic carbocycles. The molecule has 0 aromatic heterocycles. The molecule has 1 atom stereocenters. The summed E-state index contributed by atoms with van der Waals surface area (Å²) in [7, 11) is -1.33. The Kier molecular flexibility index (Phi) is 3.67. The van der Waals surface area contributed by atoms with Gasteiger partial charge in [0, 0.05) is 12.6 Å². The number of amides is 1. The largest absolute Gasteiger partial charge is 0.335 e. The van der Waals surface area contributed by atoms with Gasteiger partial charge in [0.25, 0.3) is 5.91 Å². The molecule has 2 rings (SSSR count). The molecule has 0 N–H and O–H groups in total. The highest BCUT2D eigenvalue weighted by atomic mass is 32.2. The van der Waals surface area contributed by atoms with Crippen LogP contribution < -0.4 is 0 Å². The Morgan fingerprint density at radius 2 is 1.90 bits per heavy atom. The predicted molar refractivity (Wildman–Crippen MR) is 79.7 cm³/mol. The van der Waals surface area contributed by atoms with Gasteiger partial charge in [-0.25, -0.2) is 8.42 Å². The van der Waals surface area contributed by atoms with Gasteiger partial charge < -0.3 is 4.90 Å². The fraction of sp³-hybridized carbons (Fsp3) is 0.533. The van der Waals surface area contributed by atoms with E-state index in [1.807, 2.05) is 32.9 Å². The van der Waals surface area contributed by atoms with Crippen LogP contribution in [0, 0.1) is 13.8 Å². The molecule has 0 radical (unpaired) electrons. The van der Waals surface area contributed by atoms with Crippen LogP contribution in [0.1, 0.15) is 34.8 Å². The van der Waals surface area contributed by atoms with Gasteiger partial charge in [0.05, 0.1) is 17.0 Å². The van der Waals surface area contributed by atoms with Crippen molar-refractivity contribution in [1.29, 1.82) is 0 Å². The zero-order valence-corrected chi connectivity index (χ0v) is 13.3. The minimum atomic E-state index is -3.02. The normalized spacial score (nSPS) is 24.6. The topological polar surface area (TPSA) is 54.5 Å². The summed E-state index contributed by atoms with van der Waals surface area (Å²) in [5, 5.41) is 0. The van der Waals surface area contributed by atoms with E-state index in [2.05, 4.69) is 0 Å². The molecule has 1 saturated heterocycles. The number of aryl methyl sites for hydroxylation is 2. The van der Waals surface area contributed by atoms with E-state index in [0.717, 1.165) is 11.1 Å². The average molecular weight is 295 g/mol. The standard InChI is InChI=1S/C15H21NO3S/c1-11-5-6-13(9-12(11)2)14(17)16(4)15(3)7-8-20(18,19)10-15/h5-6,9H,7-8,10H2,1-4H3. The van der Waals surface area contributed by atoms with Crippen molar-refractivity contribution in [2.75, 3.05) is 18.6 Å². The third-order valence-electron chi connectivity index (χ3n) is 4.35. The molecular weight excluding hydrogens is 274 g/mol.